The molecule has 1 aliphatic heterocycles. The predicted octanol–water partition coefficient (Wildman–Crippen LogP) is 1.12. The van der Waals surface area contributed by atoms with Gasteiger partial charge in [-0.05, 0) is 31.0 Å². The number of rotatable bonds is 1. The number of carbonyl (C=O) groups is 1. The third-order valence-corrected chi connectivity index (χ3v) is 2.82. The van der Waals surface area contributed by atoms with Crippen LogP contribution in [-0.2, 0) is 12.1 Å². The summed E-state index contributed by atoms with van der Waals surface area (Å²) < 4.78 is 0. The number of fused-ring (bicyclic) bond motifs is 1. The summed E-state index contributed by atoms with van der Waals surface area (Å²) in [5.41, 5.74) is 8.11. The largest absolute Gasteiger partial charge is 0.366 e. The van der Waals surface area contributed by atoms with Gasteiger partial charge in [0.2, 0.25) is 5.91 Å². The Morgan fingerprint density at radius 3 is 2.86 bits per heavy atom. The molecule has 3 nitrogen and oxygen atoms in total. The van der Waals surface area contributed by atoms with Gasteiger partial charge in [0.25, 0.3) is 0 Å². The Hall–Kier alpha value is -1.35. The van der Waals surface area contributed by atoms with E-state index in [-0.39, 0.29) is 11.4 Å². The van der Waals surface area contributed by atoms with E-state index in [0.717, 1.165) is 12.1 Å². The highest BCUT2D eigenvalue weighted by Gasteiger charge is 2.31. The van der Waals surface area contributed by atoms with Crippen LogP contribution in [0.15, 0.2) is 18.2 Å². The molecule has 1 amide bonds. The molecule has 0 spiro atoms. The van der Waals surface area contributed by atoms with Crippen molar-refractivity contribution in [2.75, 3.05) is 0 Å². The lowest BCUT2D eigenvalue weighted by Gasteiger charge is -2.19. The zero-order valence-electron chi connectivity index (χ0n) is 8.42. The first kappa shape index (κ1) is 9.21. The zero-order chi connectivity index (χ0) is 10.3. The highest BCUT2D eigenvalue weighted by atomic mass is 16.1. The molecule has 2 rings (SSSR count). The Bertz CT molecular complexity index is 396. The number of nitrogens with one attached hydrogen (secondary N) is 1. The van der Waals surface area contributed by atoms with Crippen molar-refractivity contribution in [3.63, 3.8) is 0 Å². The van der Waals surface area contributed by atoms with Gasteiger partial charge in [-0.1, -0.05) is 12.1 Å². The van der Waals surface area contributed by atoms with Gasteiger partial charge in [-0.2, -0.15) is 0 Å². The average molecular weight is 190 g/mol. The van der Waals surface area contributed by atoms with Gasteiger partial charge in [0, 0.05) is 17.6 Å². The van der Waals surface area contributed by atoms with E-state index in [2.05, 4.69) is 19.2 Å². The fourth-order valence-electron chi connectivity index (χ4n) is 2.00. The van der Waals surface area contributed by atoms with E-state index in [4.69, 9.17) is 5.73 Å². The molecule has 0 atom stereocenters. The van der Waals surface area contributed by atoms with Crippen LogP contribution in [0.2, 0.25) is 0 Å². The summed E-state index contributed by atoms with van der Waals surface area (Å²) in [6.07, 6.45) is 0. The molecule has 14 heavy (non-hydrogen) atoms. The second-order valence-corrected chi connectivity index (χ2v) is 4.17. The lowest BCUT2D eigenvalue weighted by atomic mass is 9.92. The van der Waals surface area contributed by atoms with Crippen LogP contribution in [0.3, 0.4) is 0 Å². The second kappa shape index (κ2) is 2.82. The van der Waals surface area contributed by atoms with Crippen LogP contribution in [-0.4, -0.2) is 5.91 Å². The minimum Gasteiger partial charge on any atom is -0.366 e. The Morgan fingerprint density at radius 1 is 1.50 bits per heavy atom. The van der Waals surface area contributed by atoms with Crippen LogP contribution in [0.4, 0.5) is 0 Å². The molecule has 1 aliphatic rings. The monoisotopic (exact) mass is 190 g/mol. The van der Waals surface area contributed by atoms with Gasteiger partial charge in [0.1, 0.15) is 0 Å². The molecule has 1 heterocycles. The second-order valence-electron chi connectivity index (χ2n) is 4.17. The molecule has 1 aromatic carbocycles. The van der Waals surface area contributed by atoms with Gasteiger partial charge in [0.15, 0.2) is 0 Å². The molecule has 0 radical (unpaired) electrons. The van der Waals surface area contributed by atoms with Gasteiger partial charge in [-0.3, -0.25) is 4.79 Å². The number of amides is 1. The lowest BCUT2D eigenvalue weighted by molar-refractivity contribution is 0.0999. The van der Waals surface area contributed by atoms with Gasteiger partial charge in [-0.15, -0.1) is 0 Å². The molecular formula is C11H14N2O. The zero-order valence-corrected chi connectivity index (χ0v) is 8.42. The van der Waals surface area contributed by atoms with E-state index in [1.807, 2.05) is 12.1 Å². The maximum atomic E-state index is 11.2. The third kappa shape index (κ3) is 1.21. The molecule has 0 fully saturated rings. The van der Waals surface area contributed by atoms with Crippen molar-refractivity contribution >= 4 is 5.91 Å². The Balaban J connectivity index is 2.61. The van der Waals surface area contributed by atoms with Crippen LogP contribution in [0, 0.1) is 0 Å². The molecule has 1 aromatic rings. The summed E-state index contributed by atoms with van der Waals surface area (Å²) in [4.78, 5) is 11.2. The van der Waals surface area contributed by atoms with Crippen molar-refractivity contribution in [1.82, 2.24) is 5.32 Å². The normalized spacial score (nSPS) is 17.9. The van der Waals surface area contributed by atoms with E-state index >= 15 is 0 Å². The maximum Gasteiger partial charge on any atom is 0.249 e. The molecule has 0 unspecified atom stereocenters. The molecule has 0 saturated carbocycles. The first-order chi connectivity index (χ1) is 6.52. The van der Waals surface area contributed by atoms with E-state index in [0.29, 0.717) is 5.56 Å². The van der Waals surface area contributed by atoms with Crippen LogP contribution >= 0.6 is 0 Å². The quantitative estimate of drug-likeness (QED) is 0.697. The molecule has 0 bridgehead atoms. The number of nitrogens with two attached hydrogens (primary N) is 1. The fourth-order valence-corrected chi connectivity index (χ4v) is 2.00. The van der Waals surface area contributed by atoms with Gasteiger partial charge in [0.05, 0.1) is 0 Å². The minimum absolute atomic E-state index is 0.0548. The van der Waals surface area contributed by atoms with E-state index in [1.165, 1.54) is 5.56 Å². The molecule has 3 N–H and O–H groups in total. The van der Waals surface area contributed by atoms with Crippen LogP contribution in [0.25, 0.3) is 0 Å². The maximum absolute atomic E-state index is 11.2. The molecule has 74 valence electrons. The van der Waals surface area contributed by atoms with E-state index in [1.54, 1.807) is 6.07 Å². The van der Waals surface area contributed by atoms with E-state index in [9.17, 15) is 4.79 Å². The average Bonchev–Trinajstić information content (AvgIpc) is 2.42. The molecule has 0 aromatic heterocycles. The summed E-state index contributed by atoms with van der Waals surface area (Å²) >= 11 is 0. The van der Waals surface area contributed by atoms with Crippen molar-refractivity contribution in [3.8, 4) is 0 Å². The molecule has 0 saturated heterocycles. The van der Waals surface area contributed by atoms with Crippen molar-refractivity contribution in [1.29, 1.82) is 0 Å². The highest BCUT2D eigenvalue weighted by Crippen LogP contribution is 2.31. The number of hydrogen-bond donors (Lipinski definition) is 2. The summed E-state index contributed by atoms with van der Waals surface area (Å²) in [5.74, 6) is -0.346. The Kier molecular flexibility index (Phi) is 1.86. The first-order valence-electron chi connectivity index (χ1n) is 4.69. The summed E-state index contributed by atoms with van der Waals surface area (Å²) in [6.45, 7) is 4.93. The molecular weight excluding hydrogens is 176 g/mol. The SMILES string of the molecule is CC1(C)NCc2c(C(N)=O)cccc21. The van der Waals surface area contributed by atoms with E-state index < -0.39 is 0 Å². The summed E-state index contributed by atoms with van der Waals surface area (Å²) in [6, 6.07) is 5.71. The Morgan fingerprint density at radius 2 is 2.21 bits per heavy atom. The van der Waals surface area contributed by atoms with Crippen molar-refractivity contribution in [2.24, 2.45) is 5.73 Å². The Labute approximate surface area is 83.3 Å². The first-order valence-corrected chi connectivity index (χ1v) is 4.69. The van der Waals surface area contributed by atoms with Crippen LogP contribution in [0.1, 0.15) is 35.3 Å². The summed E-state index contributed by atoms with van der Waals surface area (Å²) in [7, 11) is 0. The van der Waals surface area contributed by atoms with Crippen molar-refractivity contribution < 1.29 is 4.79 Å². The third-order valence-electron chi connectivity index (χ3n) is 2.82. The number of carbonyl (C=O) groups excluding carboxylic acids is 1. The van der Waals surface area contributed by atoms with Crippen molar-refractivity contribution in [2.45, 2.75) is 25.9 Å². The molecule has 3 heteroatoms. The smallest absolute Gasteiger partial charge is 0.249 e. The van der Waals surface area contributed by atoms with Crippen LogP contribution in [0.5, 0.6) is 0 Å². The van der Waals surface area contributed by atoms with Crippen molar-refractivity contribution in [3.05, 3.63) is 34.9 Å². The minimum atomic E-state index is -0.346. The standard InChI is InChI=1S/C11H14N2O/c1-11(2)9-5-3-4-7(10(12)14)8(9)6-13-11/h3-5,13H,6H2,1-2H3,(H2,12,14). The van der Waals surface area contributed by atoms with Gasteiger partial charge < -0.3 is 11.1 Å². The molecule has 0 aliphatic carbocycles. The topological polar surface area (TPSA) is 55.1 Å². The van der Waals surface area contributed by atoms with Gasteiger partial charge in [-0.25, -0.2) is 0 Å². The highest BCUT2D eigenvalue weighted by molar-refractivity contribution is 5.94. The number of benzene rings is 1. The number of hydrogen-bond acceptors (Lipinski definition) is 2. The summed E-state index contributed by atoms with van der Waals surface area (Å²) in [5, 5.41) is 3.35. The fraction of sp³-hybridized carbons (Fsp3) is 0.364. The van der Waals surface area contributed by atoms with Crippen LogP contribution < -0.4 is 11.1 Å². The number of primary amides is 1. The van der Waals surface area contributed by atoms with Gasteiger partial charge >= 0.3 is 0 Å². The lowest BCUT2D eigenvalue weighted by Crippen LogP contribution is -2.28. The predicted molar refractivity (Wildman–Crippen MR) is 54.8 cm³/mol.